The number of carbonyl (C=O) groups is 3. The van der Waals surface area contributed by atoms with Crippen LogP contribution in [0.3, 0.4) is 0 Å². The van der Waals surface area contributed by atoms with Crippen molar-refractivity contribution < 1.29 is 19.1 Å². The molecule has 1 aliphatic rings. The van der Waals surface area contributed by atoms with Crippen molar-refractivity contribution in [1.29, 1.82) is 0 Å². The van der Waals surface area contributed by atoms with Gasteiger partial charge in [0.25, 0.3) is 11.5 Å². The van der Waals surface area contributed by atoms with E-state index in [0.717, 1.165) is 31.5 Å². The van der Waals surface area contributed by atoms with E-state index in [1.54, 1.807) is 34.9 Å². The van der Waals surface area contributed by atoms with Crippen molar-refractivity contribution in [1.82, 2.24) is 9.55 Å². The lowest BCUT2D eigenvalue weighted by Gasteiger charge is -2.11. The van der Waals surface area contributed by atoms with Crippen LogP contribution in [0.15, 0.2) is 47.3 Å². The highest BCUT2D eigenvalue weighted by molar-refractivity contribution is 5.98. The SMILES string of the molecule is CC(=O)c1ccc(NC(=O)COC(=O)c2ccc3c(=O)n4c(nc3c2)CCCCC4)cc1. The van der Waals surface area contributed by atoms with E-state index < -0.39 is 18.5 Å². The topological polar surface area (TPSA) is 107 Å². The van der Waals surface area contributed by atoms with Crippen molar-refractivity contribution in [3.63, 3.8) is 0 Å². The van der Waals surface area contributed by atoms with Crippen molar-refractivity contribution in [2.75, 3.05) is 11.9 Å². The summed E-state index contributed by atoms with van der Waals surface area (Å²) >= 11 is 0. The van der Waals surface area contributed by atoms with Gasteiger partial charge in [0.15, 0.2) is 12.4 Å². The molecule has 2 aromatic carbocycles. The normalized spacial score (nSPS) is 13.2. The van der Waals surface area contributed by atoms with Crippen LogP contribution in [-0.4, -0.2) is 33.8 Å². The molecule has 1 aliphatic heterocycles. The molecular weight excluding hydrogens is 410 g/mol. The second kappa shape index (κ2) is 9.13. The molecule has 1 N–H and O–H groups in total. The Morgan fingerprint density at radius 1 is 1.03 bits per heavy atom. The molecule has 0 fully saturated rings. The van der Waals surface area contributed by atoms with Gasteiger partial charge in [0.1, 0.15) is 5.82 Å². The van der Waals surface area contributed by atoms with E-state index in [0.29, 0.717) is 28.7 Å². The fourth-order valence-corrected chi connectivity index (χ4v) is 3.75. The highest BCUT2D eigenvalue weighted by Gasteiger charge is 2.16. The third-order valence-corrected chi connectivity index (χ3v) is 5.46. The molecule has 0 bridgehead atoms. The highest BCUT2D eigenvalue weighted by atomic mass is 16.5. The summed E-state index contributed by atoms with van der Waals surface area (Å²) in [6.07, 6.45) is 3.72. The molecule has 0 saturated heterocycles. The van der Waals surface area contributed by atoms with Gasteiger partial charge in [0.05, 0.1) is 16.5 Å². The van der Waals surface area contributed by atoms with Crippen molar-refractivity contribution >= 4 is 34.3 Å². The molecule has 0 atom stereocenters. The number of ether oxygens (including phenoxy) is 1. The van der Waals surface area contributed by atoms with Gasteiger partial charge in [-0.15, -0.1) is 0 Å². The summed E-state index contributed by atoms with van der Waals surface area (Å²) in [7, 11) is 0. The number of hydrogen-bond acceptors (Lipinski definition) is 6. The smallest absolute Gasteiger partial charge is 0.338 e. The predicted octanol–water partition coefficient (Wildman–Crippen LogP) is 3.12. The van der Waals surface area contributed by atoms with Gasteiger partial charge < -0.3 is 10.1 Å². The van der Waals surface area contributed by atoms with Crippen LogP contribution in [0.5, 0.6) is 0 Å². The van der Waals surface area contributed by atoms with E-state index >= 15 is 0 Å². The molecule has 0 unspecified atom stereocenters. The Morgan fingerprint density at radius 3 is 2.53 bits per heavy atom. The van der Waals surface area contributed by atoms with Crippen LogP contribution in [0.25, 0.3) is 10.9 Å². The number of fused-ring (bicyclic) bond motifs is 2. The number of Topliss-reactive ketones (excluding diaryl/α,β-unsaturated/α-hetero) is 1. The van der Waals surface area contributed by atoms with Crippen LogP contribution in [0.4, 0.5) is 5.69 Å². The number of ketones is 1. The van der Waals surface area contributed by atoms with E-state index in [-0.39, 0.29) is 16.9 Å². The van der Waals surface area contributed by atoms with Crippen molar-refractivity contribution in [3.8, 4) is 0 Å². The average molecular weight is 433 g/mol. The number of aromatic nitrogens is 2. The first-order chi connectivity index (χ1) is 15.4. The Balaban J connectivity index is 1.43. The van der Waals surface area contributed by atoms with Gasteiger partial charge in [-0.1, -0.05) is 6.42 Å². The number of amides is 1. The molecule has 8 heteroatoms. The first kappa shape index (κ1) is 21.4. The monoisotopic (exact) mass is 433 g/mol. The number of rotatable bonds is 5. The Kier molecular flexibility index (Phi) is 6.11. The fraction of sp³-hybridized carbons (Fsp3) is 0.292. The molecule has 2 heterocycles. The molecule has 8 nitrogen and oxygen atoms in total. The maximum absolute atomic E-state index is 12.8. The first-order valence-electron chi connectivity index (χ1n) is 10.5. The van der Waals surface area contributed by atoms with Gasteiger partial charge in [-0.2, -0.15) is 0 Å². The lowest BCUT2D eigenvalue weighted by Crippen LogP contribution is -2.25. The van der Waals surface area contributed by atoms with E-state index in [1.165, 1.54) is 19.1 Å². The fourth-order valence-electron chi connectivity index (χ4n) is 3.75. The van der Waals surface area contributed by atoms with Gasteiger partial charge in [0, 0.05) is 24.2 Å². The van der Waals surface area contributed by atoms with Gasteiger partial charge in [-0.05, 0) is 62.2 Å². The number of esters is 1. The standard InChI is InChI=1S/C24H23N3O5/c1-15(28)16-6-9-18(10-7-16)25-22(29)14-32-24(31)17-8-11-19-20(13-17)26-21-5-3-2-4-12-27(21)23(19)30/h6-11,13H,2-5,12,14H2,1H3,(H,25,29). The minimum Gasteiger partial charge on any atom is -0.452 e. The van der Waals surface area contributed by atoms with Crippen LogP contribution in [0.2, 0.25) is 0 Å². The van der Waals surface area contributed by atoms with Crippen LogP contribution >= 0.6 is 0 Å². The summed E-state index contributed by atoms with van der Waals surface area (Å²) in [5, 5.41) is 3.07. The summed E-state index contributed by atoms with van der Waals surface area (Å²) in [6.45, 7) is 1.65. The first-order valence-corrected chi connectivity index (χ1v) is 10.5. The summed E-state index contributed by atoms with van der Waals surface area (Å²) in [6, 6.07) is 11.0. The van der Waals surface area contributed by atoms with E-state index in [9.17, 15) is 19.2 Å². The number of benzene rings is 2. The lowest BCUT2D eigenvalue weighted by molar-refractivity contribution is -0.119. The van der Waals surface area contributed by atoms with Crippen molar-refractivity contribution in [2.24, 2.45) is 0 Å². The van der Waals surface area contributed by atoms with Crippen LogP contribution in [-0.2, 0) is 22.5 Å². The molecule has 0 saturated carbocycles. The van der Waals surface area contributed by atoms with Crippen LogP contribution in [0.1, 0.15) is 52.7 Å². The van der Waals surface area contributed by atoms with Gasteiger partial charge in [0.2, 0.25) is 0 Å². The third-order valence-electron chi connectivity index (χ3n) is 5.46. The number of carbonyl (C=O) groups excluding carboxylic acids is 3. The zero-order chi connectivity index (χ0) is 22.7. The quantitative estimate of drug-likeness (QED) is 0.489. The molecule has 32 heavy (non-hydrogen) atoms. The number of nitrogens with zero attached hydrogens (tertiary/aromatic N) is 2. The van der Waals surface area contributed by atoms with E-state index in [2.05, 4.69) is 10.3 Å². The molecule has 0 spiro atoms. The Bertz CT molecular complexity index is 1260. The number of aryl methyl sites for hydroxylation is 1. The third kappa shape index (κ3) is 4.59. The Labute approximate surface area is 184 Å². The maximum Gasteiger partial charge on any atom is 0.338 e. The largest absolute Gasteiger partial charge is 0.452 e. The zero-order valence-electron chi connectivity index (χ0n) is 17.7. The summed E-state index contributed by atoms with van der Waals surface area (Å²) < 4.78 is 6.84. The maximum atomic E-state index is 12.8. The Hall–Kier alpha value is -3.81. The molecular formula is C24H23N3O5. The molecule has 1 amide bonds. The molecule has 0 aliphatic carbocycles. The number of nitrogens with one attached hydrogen (secondary N) is 1. The van der Waals surface area contributed by atoms with Gasteiger partial charge in [-0.25, -0.2) is 9.78 Å². The predicted molar refractivity (Wildman–Crippen MR) is 119 cm³/mol. The average Bonchev–Trinajstić information content (AvgIpc) is 3.03. The zero-order valence-corrected chi connectivity index (χ0v) is 17.7. The Morgan fingerprint density at radius 2 is 1.78 bits per heavy atom. The van der Waals surface area contributed by atoms with E-state index in [4.69, 9.17) is 4.74 Å². The summed E-state index contributed by atoms with van der Waals surface area (Å²) in [5.74, 6) is -0.511. The van der Waals surface area contributed by atoms with Gasteiger partial charge >= 0.3 is 5.97 Å². The molecule has 1 aromatic heterocycles. The summed E-state index contributed by atoms with van der Waals surface area (Å²) in [4.78, 5) is 53.2. The van der Waals surface area contributed by atoms with Gasteiger partial charge in [-0.3, -0.25) is 19.0 Å². The minimum absolute atomic E-state index is 0.0690. The molecule has 3 aromatic rings. The van der Waals surface area contributed by atoms with Crippen LogP contribution < -0.4 is 10.9 Å². The second-order valence-corrected chi connectivity index (χ2v) is 7.79. The molecule has 4 rings (SSSR count). The van der Waals surface area contributed by atoms with Crippen molar-refractivity contribution in [2.45, 2.75) is 39.2 Å². The number of hydrogen-bond donors (Lipinski definition) is 1. The molecule has 164 valence electrons. The minimum atomic E-state index is -0.675. The van der Waals surface area contributed by atoms with E-state index in [1.807, 2.05) is 0 Å². The van der Waals surface area contributed by atoms with Crippen LogP contribution in [0, 0.1) is 0 Å². The highest BCUT2D eigenvalue weighted by Crippen LogP contribution is 2.17. The lowest BCUT2D eigenvalue weighted by atomic mass is 10.1. The summed E-state index contributed by atoms with van der Waals surface area (Å²) in [5.41, 5.74) is 1.61. The molecule has 0 radical (unpaired) electrons. The van der Waals surface area contributed by atoms with Crippen molar-refractivity contribution in [3.05, 3.63) is 69.8 Å². The second-order valence-electron chi connectivity index (χ2n) is 7.79. The number of anilines is 1.